The molecule has 1 saturated heterocycles. The van der Waals surface area contributed by atoms with Crippen LogP contribution in [0.25, 0.3) is 0 Å². The Morgan fingerprint density at radius 3 is 2.64 bits per heavy atom. The van der Waals surface area contributed by atoms with Crippen LogP contribution in [0.4, 0.5) is 9.18 Å². The van der Waals surface area contributed by atoms with Crippen LogP contribution in [0.5, 0.6) is 0 Å². The maximum Gasteiger partial charge on any atom is 0.317 e. The van der Waals surface area contributed by atoms with Gasteiger partial charge < -0.3 is 20.2 Å². The summed E-state index contributed by atoms with van der Waals surface area (Å²) in [6.45, 7) is 6.82. The number of hydrogen-bond donors (Lipinski definition) is 2. The Labute approximate surface area is 149 Å². The van der Waals surface area contributed by atoms with E-state index >= 15 is 0 Å². The van der Waals surface area contributed by atoms with E-state index < -0.39 is 0 Å². The molecule has 0 saturated carbocycles. The molecule has 6 nitrogen and oxygen atoms in total. The summed E-state index contributed by atoms with van der Waals surface area (Å²) in [6, 6.07) is 6.34. The number of carbonyl (C=O) groups excluding carboxylic acids is 1. The summed E-state index contributed by atoms with van der Waals surface area (Å²) in [4.78, 5) is 18.5. The molecule has 1 aromatic rings. The summed E-state index contributed by atoms with van der Waals surface area (Å²) in [5.41, 5.74) is 0.443. The molecule has 1 aromatic carbocycles. The highest BCUT2D eigenvalue weighted by molar-refractivity contribution is 5.74. The maximum absolute atomic E-state index is 13.8. The van der Waals surface area contributed by atoms with Crippen LogP contribution in [0, 0.1) is 5.82 Å². The van der Waals surface area contributed by atoms with Gasteiger partial charge in [0.25, 0.3) is 0 Å². The number of amides is 2. The Kier molecular flexibility index (Phi) is 7.61. The average Bonchev–Trinajstić information content (AvgIpc) is 2.61. The van der Waals surface area contributed by atoms with Crippen LogP contribution in [-0.4, -0.2) is 84.8 Å². The number of aliphatic hydroxyl groups excluding tert-OH is 1. The summed E-state index contributed by atoms with van der Waals surface area (Å²) in [6.07, 6.45) is 0. The second-order valence-electron chi connectivity index (χ2n) is 6.61. The minimum Gasteiger partial charge on any atom is -0.395 e. The van der Waals surface area contributed by atoms with Crippen molar-refractivity contribution in [2.45, 2.75) is 19.5 Å². The van der Waals surface area contributed by atoms with Gasteiger partial charge in [-0.1, -0.05) is 18.2 Å². The van der Waals surface area contributed by atoms with Crippen LogP contribution in [0.15, 0.2) is 24.3 Å². The Morgan fingerprint density at radius 1 is 1.32 bits per heavy atom. The Balaban J connectivity index is 1.86. The van der Waals surface area contributed by atoms with Crippen molar-refractivity contribution in [2.75, 3.05) is 52.9 Å². The second-order valence-corrected chi connectivity index (χ2v) is 6.61. The molecule has 1 fully saturated rings. The van der Waals surface area contributed by atoms with E-state index in [0.717, 1.165) is 26.2 Å². The first-order valence-electron chi connectivity index (χ1n) is 8.81. The lowest BCUT2D eigenvalue weighted by molar-refractivity contribution is 0.116. The molecular weight excluding hydrogens is 323 g/mol. The topological polar surface area (TPSA) is 59.1 Å². The molecule has 1 aliphatic heterocycles. The molecule has 0 unspecified atom stereocenters. The van der Waals surface area contributed by atoms with Gasteiger partial charge in [-0.3, -0.25) is 4.90 Å². The number of piperazine rings is 1. The number of nitrogens with one attached hydrogen (secondary N) is 1. The fourth-order valence-corrected chi connectivity index (χ4v) is 2.94. The van der Waals surface area contributed by atoms with Gasteiger partial charge in [0, 0.05) is 50.9 Å². The Hall–Kier alpha value is -1.70. The molecule has 2 amide bonds. The molecule has 140 valence electrons. The molecule has 0 spiro atoms. The zero-order valence-corrected chi connectivity index (χ0v) is 15.1. The third-order valence-electron chi connectivity index (χ3n) is 4.69. The zero-order valence-electron chi connectivity index (χ0n) is 15.1. The summed E-state index contributed by atoms with van der Waals surface area (Å²) in [5, 5.41) is 12.1. The first-order chi connectivity index (χ1) is 12.0. The summed E-state index contributed by atoms with van der Waals surface area (Å²) < 4.78 is 13.8. The number of carbonyl (C=O) groups is 1. The number of rotatable bonds is 7. The Bertz CT molecular complexity index is 550. The molecular formula is C18H29FN4O2. The number of urea groups is 1. The number of halogens is 1. The number of aliphatic hydroxyl groups is 1. The Morgan fingerprint density at radius 2 is 2.00 bits per heavy atom. The first kappa shape index (κ1) is 19.6. The van der Waals surface area contributed by atoms with E-state index in [1.54, 1.807) is 18.2 Å². The van der Waals surface area contributed by atoms with E-state index in [1.165, 1.54) is 11.0 Å². The predicted octanol–water partition coefficient (Wildman–Crippen LogP) is 0.965. The maximum atomic E-state index is 13.8. The molecule has 7 heteroatoms. The highest BCUT2D eigenvalue weighted by Gasteiger charge is 2.21. The number of likely N-dealkylation sites (N-methyl/N-ethyl adjacent to an activating group) is 1. The lowest BCUT2D eigenvalue weighted by atomic mass is 10.2. The number of nitrogens with zero attached hydrogens (tertiary/aromatic N) is 3. The van der Waals surface area contributed by atoms with Crippen LogP contribution in [-0.2, 0) is 6.54 Å². The van der Waals surface area contributed by atoms with Gasteiger partial charge in [0.05, 0.1) is 13.2 Å². The third kappa shape index (κ3) is 5.95. The van der Waals surface area contributed by atoms with Crippen molar-refractivity contribution in [1.82, 2.24) is 20.0 Å². The molecule has 0 aliphatic carbocycles. The monoisotopic (exact) mass is 352 g/mol. The van der Waals surface area contributed by atoms with Gasteiger partial charge in [0.1, 0.15) is 5.82 Å². The van der Waals surface area contributed by atoms with E-state index in [4.69, 9.17) is 0 Å². The largest absolute Gasteiger partial charge is 0.395 e. The van der Waals surface area contributed by atoms with E-state index in [1.807, 2.05) is 0 Å². The molecule has 1 atom stereocenters. The van der Waals surface area contributed by atoms with Gasteiger partial charge in [0.2, 0.25) is 0 Å². The number of hydrogen-bond acceptors (Lipinski definition) is 4. The molecule has 0 aromatic heterocycles. The van der Waals surface area contributed by atoms with Crippen molar-refractivity contribution >= 4 is 6.03 Å². The van der Waals surface area contributed by atoms with Gasteiger partial charge in [-0.2, -0.15) is 0 Å². The summed E-state index contributed by atoms with van der Waals surface area (Å²) in [5.74, 6) is -0.343. The van der Waals surface area contributed by atoms with Crippen LogP contribution in [0.2, 0.25) is 0 Å². The minimum absolute atomic E-state index is 0.141. The highest BCUT2D eigenvalue weighted by atomic mass is 19.1. The van der Waals surface area contributed by atoms with E-state index in [0.29, 0.717) is 12.1 Å². The zero-order chi connectivity index (χ0) is 18.2. The minimum atomic E-state index is -0.343. The normalized spacial score (nSPS) is 17.3. The van der Waals surface area contributed by atoms with Gasteiger partial charge in [0.15, 0.2) is 0 Å². The van der Waals surface area contributed by atoms with Gasteiger partial charge >= 0.3 is 6.03 Å². The van der Waals surface area contributed by atoms with Gasteiger partial charge in [-0.15, -0.1) is 0 Å². The van der Waals surface area contributed by atoms with Crippen molar-refractivity contribution in [1.29, 1.82) is 0 Å². The highest BCUT2D eigenvalue weighted by Crippen LogP contribution is 2.10. The van der Waals surface area contributed by atoms with Crippen LogP contribution in [0.1, 0.15) is 12.5 Å². The molecule has 25 heavy (non-hydrogen) atoms. The lowest BCUT2D eigenvalue weighted by Gasteiger charge is -2.36. The smallest absolute Gasteiger partial charge is 0.317 e. The summed E-state index contributed by atoms with van der Waals surface area (Å²) in [7, 11) is 2.11. The van der Waals surface area contributed by atoms with Crippen LogP contribution < -0.4 is 5.32 Å². The van der Waals surface area contributed by atoms with Gasteiger partial charge in [-0.05, 0) is 20.0 Å². The van der Waals surface area contributed by atoms with Gasteiger partial charge in [-0.25, -0.2) is 9.18 Å². The first-order valence-corrected chi connectivity index (χ1v) is 8.81. The van der Waals surface area contributed by atoms with E-state index in [9.17, 15) is 14.3 Å². The number of benzene rings is 1. The molecule has 2 rings (SSSR count). The average molecular weight is 352 g/mol. The molecule has 1 aliphatic rings. The van der Waals surface area contributed by atoms with E-state index in [2.05, 4.69) is 29.1 Å². The lowest BCUT2D eigenvalue weighted by Crippen LogP contribution is -2.52. The summed E-state index contributed by atoms with van der Waals surface area (Å²) >= 11 is 0. The second kappa shape index (κ2) is 9.70. The van der Waals surface area contributed by atoms with Crippen molar-refractivity contribution < 1.29 is 14.3 Å². The fourth-order valence-electron chi connectivity index (χ4n) is 2.94. The standard InChI is InChI=1S/C18H29FN4O2/c1-15(22-9-7-21(2)8-10-22)13-20-18(25)23(11-12-24)14-16-5-3-4-6-17(16)19/h3-6,15,24H,7-14H2,1-2H3,(H,20,25)/t15-/m1/s1. The molecule has 1 heterocycles. The molecule has 0 radical (unpaired) electrons. The van der Waals surface area contributed by atoms with Crippen molar-refractivity contribution in [3.05, 3.63) is 35.6 Å². The quantitative estimate of drug-likeness (QED) is 0.768. The van der Waals surface area contributed by atoms with Crippen LogP contribution >= 0.6 is 0 Å². The molecule has 0 bridgehead atoms. The van der Waals surface area contributed by atoms with E-state index in [-0.39, 0.29) is 37.6 Å². The molecule has 2 N–H and O–H groups in total. The van der Waals surface area contributed by atoms with Crippen molar-refractivity contribution in [3.8, 4) is 0 Å². The predicted molar refractivity (Wildman–Crippen MR) is 95.8 cm³/mol. The van der Waals surface area contributed by atoms with Crippen molar-refractivity contribution in [2.24, 2.45) is 0 Å². The third-order valence-corrected chi connectivity index (χ3v) is 4.69. The fraction of sp³-hybridized carbons (Fsp3) is 0.611. The van der Waals surface area contributed by atoms with Crippen LogP contribution in [0.3, 0.4) is 0 Å². The SMILES string of the molecule is C[C@H](CNC(=O)N(CCO)Cc1ccccc1F)N1CCN(C)CC1. The van der Waals surface area contributed by atoms with Crippen molar-refractivity contribution in [3.63, 3.8) is 0 Å².